The molecule has 1 amide bonds. The number of hydrogen-bond acceptors (Lipinski definition) is 5. The molecule has 0 saturated carbocycles. The lowest BCUT2D eigenvalue weighted by Gasteiger charge is -2.29. The Labute approximate surface area is 238 Å². The second-order valence-corrected chi connectivity index (χ2v) is 10.5. The molecule has 0 aliphatic carbocycles. The number of morpholine rings is 1. The average molecular weight is 562 g/mol. The summed E-state index contributed by atoms with van der Waals surface area (Å²) in [4.78, 5) is 29.1. The van der Waals surface area contributed by atoms with E-state index < -0.39 is 17.2 Å². The van der Waals surface area contributed by atoms with Crippen LogP contribution in [0.2, 0.25) is 0 Å². The molecule has 2 aliphatic rings. The molecule has 0 radical (unpaired) electrons. The SMILES string of the molecule is COc1ccc2ccn(-c3c(F)cc4c(=O)c(C(=O)N5CCOCC5)cn5c4c3Oc3cc4ccccc4cc3-5)c2c1. The molecule has 0 N–H and O–H groups in total. The number of methoxy groups -OCH3 is 1. The number of amides is 1. The normalized spacial score (nSPS) is 14.3. The molecule has 1 saturated heterocycles. The van der Waals surface area contributed by atoms with Crippen LogP contribution < -0.4 is 14.9 Å². The number of pyridine rings is 1. The second kappa shape index (κ2) is 9.19. The first-order chi connectivity index (χ1) is 20.5. The summed E-state index contributed by atoms with van der Waals surface area (Å²) in [7, 11) is 1.58. The number of carbonyl (C=O) groups is 1. The maximum atomic E-state index is 16.3. The molecule has 0 spiro atoms. The van der Waals surface area contributed by atoms with E-state index in [0.717, 1.165) is 16.2 Å². The van der Waals surface area contributed by atoms with E-state index in [-0.39, 0.29) is 22.4 Å². The summed E-state index contributed by atoms with van der Waals surface area (Å²) in [6.45, 7) is 1.55. The van der Waals surface area contributed by atoms with Gasteiger partial charge in [-0.15, -0.1) is 0 Å². The Kier molecular flexibility index (Phi) is 5.39. The summed E-state index contributed by atoms with van der Waals surface area (Å²) in [6.07, 6.45) is 3.34. The summed E-state index contributed by atoms with van der Waals surface area (Å²) < 4.78 is 37.1. The molecule has 6 aromatic rings. The molecule has 208 valence electrons. The zero-order chi connectivity index (χ0) is 28.5. The third-order valence-corrected chi connectivity index (χ3v) is 8.14. The third kappa shape index (κ3) is 3.56. The van der Waals surface area contributed by atoms with Gasteiger partial charge in [0.2, 0.25) is 5.43 Å². The average Bonchev–Trinajstić information content (AvgIpc) is 3.44. The van der Waals surface area contributed by atoms with Crippen molar-refractivity contribution in [3.05, 3.63) is 101 Å². The van der Waals surface area contributed by atoms with Crippen LogP contribution in [-0.2, 0) is 4.74 Å². The number of aromatic nitrogens is 2. The van der Waals surface area contributed by atoms with Gasteiger partial charge in [0, 0.05) is 36.9 Å². The Morgan fingerprint density at radius 1 is 0.929 bits per heavy atom. The van der Waals surface area contributed by atoms with Crippen LogP contribution in [0.1, 0.15) is 10.4 Å². The lowest BCUT2D eigenvalue weighted by molar-refractivity contribution is 0.0302. The molecule has 42 heavy (non-hydrogen) atoms. The van der Waals surface area contributed by atoms with Crippen molar-refractivity contribution in [3.63, 3.8) is 0 Å². The monoisotopic (exact) mass is 561 g/mol. The van der Waals surface area contributed by atoms with Crippen molar-refractivity contribution in [3.8, 4) is 28.6 Å². The van der Waals surface area contributed by atoms with Crippen LogP contribution in [0.4, 0.5) is 4.39 Å². The molecular weight excluding hydrogens is 537 g/mol. The van der Waals surface area contributed by atoms with Crippen molar-refractivity contribution in [2.24, 2.45) is 0 Å². The molecular formula is C33H24FN3O5. The lowest BCUT2D eigenvalue weighted by atomic mass is 10.0. The number of nitrogens with zero attached hydrogens (tertiary/aromatic N) is 3. The number of benzene rings is 4. The van der Waals surface area contributed by atoms with Crippen LogP contribution in [0.3, 0.4) is 0 Å². The van der Waals surface area contributed by atoms with E-state index in [2.05, 4.69) is 0 Å². The van der Waals surface area contributed by atoms with Gasteiger partial charge in [-0.25, -0.2) is 4.39 Å². The fraction of sp³-hybridized carbons (Fsp3) is 0.152. The maximum Gasteiger partial charge on any atom is 0.259 e. The molecule has 4 aromatic carbocycles. The van der Waals surface area contributed by atoms with Crippen LogP contribution in [0.15, 0.2) is 83.9 Å². The minimum Gasteiger partial charge on any atom is -0.497 e. The lowest BCUT2D eigenvalue weighted by Crippen LogP contribution is -2.42. The van der Waals surface area contributed by atoms with Crippen LogP contribution in [0, 0.1) is 5.82 Å². The topological polar surface area (TPSA) is 74.9 Å². The van der Waals surface area contributed by atoms with Crippen LogP contribution in [0.5, 0.6) is 17.2 Å². The zero-order valence-corrected chi connectivity index (χ0v) is 22.6. The quantitative estimate of drug-likeness (QED) is 0.272. The second-order valence-electron chi connectivity index (χ2n) is 10.5. The van der Waals surface area contributed by atoms with Gasteiger partial charge < -0.3 is 28.2 Å². The Hall–Kier alpha value is -5.15. The Bertz CT molecular complexity index is 2160. The van der Waals surface area contributed by atoms with Gasteiger partial charge in [0.25, 0.3) is 5.91 Å². The van der Waals surface area contributed by atoms with Gasteiger partial charge in [0.15, 0.2) is 17.3 Å². The minimum absolute atomic E-state index is 0.0281. The van der Waals surface area contributed by atoms with E-state index in [9.17, 15) is 9.59 Å². The van der Waals surface area contributed by atoms with Gasteiger partial charge in [-0.05, 0) is 47.2 Å². The van der Waals surface area contributed by atoms with Crippen molar-refractivity contribution < 1.29 is 23.4 Å². The highest BCUT2D eigenvalue weighted by Crippen LogP contribution is 2.46. The smallest absolute Gasteiger partial charge is 0.259 e. The first-order valence-corrected chi connectivity index (χ1v) is 13.7. The third-order valence-electron chi connectivity index (χ3n) is 8.14. The first kappa shape index (κ1) is 24.6. The van der Waals surface area contributed by atoms with E-state index in [1.807, 2.05) is 60.7 Å². The first-order valence-electron chi connectivity index (χ1n) is 13.7. The highest BCUT2D eigenvalue weighted by atomic mass is 19.1. The van der Waals surface area contributed by atoms with E-state index >= 15 is 4.39 Å². The number of fused-ring (bicyclic) bond motifs is 4. The standard InChI is InChI=1S/C33H24FN3O5/c1-40-22-7-6-19-8-9-36(26(19)16-22)30-25(34)17-23-29-32(30)42-28-15-21-5-3-2-4-20(21)14-27(28)37(29)18-24(31(23)38)33(39)35-10-12-41-13-11-35/h2-9,14-18H,10-13H2,1H3. The van der Waals surface area contributed by atoms with Gasteiger partial charge in [-0.1, -0.05) is 24.3 Å². The highest BCUT2D eigenvalue weighted by Gasteiger charge is 2.31. The number of rotatable bonds is 3. The predicted octanol–water partition coefficient (Wildman–Crippen LogP) is 5.81. The number of hydrogen-bond donors (Lipinski definition) is 0. The van der Waals surface area contributed by atoms with E-state index in [1.165, 1.54) is 6.07 Å². The summed E-state index contributed by atoms with van der Waals surface area (Å²) in [5.74, 6) is 0.240. The largest absolute Gasteiger partial charge is 0.497 e. The summed E-state index contributed by atoms with van der Waals surface area (Å²) in [5, 5.41) is 2.85. The van der Waals surface area contributed by atoms with Gasteiger partial charge in [-0.3, -0.25) is 9.59 Å². The van der Waals surface area contributed by atoms with Crippen molar-refractivity contribution in [1.82, 2.24) is 14.0 Å². The summed E-state index contributed by atoms with van der Waals surface area (Å²) >= 11 is 0. The van der Waals surface area contributed by atoms with Gasteiger partial charge in [0.1, 0.15) is 22.5 Å². The van der Waals surface area contributed by atoms with E-state index in [4.69, 9.17) is 14.2 Å². The molecule has 2 aliphatic heterocycles. The zero-order valence-electron chi connectivity index (χ0n) is 22.6. The Morgan fingerprint density at radius 2 is 1.71 bits per heavy atom. The Balaban J connectivity index is 1.46. The molecule has 0 bridgehead atoms. The molecule has 1 fully saturated rings. The number of carbonyl (C=O) groups excluding carboxylic acids is 1. The van der Waals surface area contributed by atoms with Crippen molar-refractivity contribution >= 4 is 38.5 Å². The minimum atomic E-state index is -0.651. The van der Waals surface area contributed by atoms with E-state index in [1.54, 1.807) is 33.5 Å². The molecule has 0 unspecified atom stereocenters. The van der Waals surface area contributed by atoms with Crippen LogP contribution in [0.25, 0.3) is 44.0 Å². The Morgan fingerprint density at radius 3 is 2.50 bits per heavy atom. The van der Waals surface area contributed by atoms with Crippen molar-refractivity contribution in [2.75, 3.05) is 33.4 Å². The van der Waals surface area contributed by atoms with Crippen molar-refractivity contribution in [1.29, 1.82) is 0 Å². The molecule has 4 heterocycles. The molecule has 8 rings (SSSR count). The molecule has 2 aromatic heterocycles. The predicted molar refractivity (Wildman–Crippen MR) is 157 cm³/mol. The molecule has 0 atom stereocenters. The van der Waals surface area contributed by atoms with Crippen molar-refractivity contribution in [2.45, 2.75) is 0 Å². The van der Waals surface area contributed by atoms with Gasteiger partial charge >= 0.3 is 0 Å². The number of ether oxygens (including phenoxy) is 3. The summed E-state index contributed by atoms with van der Waals surface area (Å²) in [6, 6.07) is 20.4. The fourth-order valence-corrected chi connectivity index (χ4v) is 6.03. The maximum absolute atomic E-state index is 16.3. The van der Waals surface area contributed by atoms with Crippen LogP contribution >= 0.6 is 0 Å². The van der Waals surface area contributed by atoms with Gasteiger partial charge in [0.05, 0.1) is 36.9 Å². The fourth-order valence-electron chi connectivity index (χ4n) is 6.03. The highest BCUT2D eigenvalue weighted by molar-refractivity contribution is 6.02. The number of halogens is 1. The summed E-state index contributed by atoms with van der Waals surface area (Å²) in [5.41, 5.74) is 1.34. The molecule has 9 heteroatoms. The van der Waals surface area contributed by atoms with Gasteiger partial charge in [-0.2, -0.15) is 0 Å². The van der Waals surface area contributed by atoms with Crippen LogP contribution in [-0.4, -0.2) is 53.4 Å². The molecule has 8 nitrogen and oxygen atoms in total. The van der Waals surface area contributed by atoms with E-state index in [0.29, 0.717) is 54.5 Å².